The molecule has 0 aliphatic heterocycles. The molecule has 0 spiro atoms. The van der Waals surface area contributed by atoms with Crippen LogP contribution in [0.4, 0.5) is 5.69 Å². The number of benzene rings is 4. The maximum absolute atomic E-state index is 13.9. The smallest absolute Gasteiger partial charge is 0.264 e. The van der Waals surface area contributed by atoms with E-state index in [-0.39, 0.29) is 11.4 Å². The van der Waals surface area contributed by atoms with E-state index in [0.29, 0.717) is 17.9 Å². The predicted molar refractivity (Wildman–Crippen MR) is 169 cm³/mol. The molecule has 41 heavy (non-hydrogen) atoms. The fourth-order valence-corrected chi connectivity index (χ4v) is 7.26. The predicted octanol–water partition coefficient (Wildman–Crippen LogP) is 7.39. The zero-order valence-electron chi connectivity index (χ0n) is 24.3. The molecule has 0 atom stereocenters. The van der Waals surface area contributed by atoms with Crippen molar-refractivity contribution in [1.82, 2.24) is 0 Å². The van der Waals surface area contributed by atoms with Crippen LogP contribution >= 0.6 is 0 Å². The Morgan fingerprint density at radius 2 is 1.39 bits per heavy atom. The third-order valence-corrected chi connectivity index (χ3v) is 9.23. The number of sulfonamides is 1. The van der Waals surface area contributed by atoms with Crippen LogP contribution < -0.4 is 9.04 Å². The van der Waals surface area contributed by atoms with Gasteiger partial charge in [0.1, 0.15) is 5.75 Å². The lowest BCUT2D eigenvalue weighted by Gasteiger charge is -2.36. The Balaban J connectivity index is 1.76. The van der Waals surface area contributed by atoms with Crippen LogP contribution in [0.2, 0.25) is 19.6 Å². The number of ether oxygens (including phenoxy) is 1. The summed E-state index contributed by atoms with van der Waals surface area (Å²) in [6, 6.07) is 34.0. The molecule has 212 valence electrons. The minimum absolute atomic E-state index is 0.156. The first kappa shape index (κ1) is 30.1. The molecule has 0 bridgehead atoms. The van der Waals surface area contributed by atoms with Crippen molar-refractivity contribution in [3.8, 4) is 17.6 Å². The third kappa shape index (κ3) is 7.28. The van der Waals surface area contributed by atoms with Gasteiger partial charge in [-0.1, -0.05) is 96.3 Å². The summed E-state index contributed by atoms with van der Waals surface area (Å²) in [4.78, 5) is 0.226. The van der Waals surface area contributed by atoms with Crippen molar-refractivity contribution < 1.29 is 17.6 Å². The van der Waals surface area contributed by atoms with Gasteiger partial charge in [0.05, 0.1) is 17.7 Å². The van der Waals surface area contributed by atoms with E-state index < -0.39 is 23.9 Å². The van der Waals surface area contributed by atoms with E-state index in [9.17, 15) is 8.42 Å². The largest absolute Gasteiger partial charge is 0.497 e. The zero-order chi connectivity index (χ0) is 29.5. The van der Waals surface area contributed by atoms with Gasteiger partial charge in [0, 0.05) is 19.0 Å². The summed E-state index contributed by atoms with van der Waals surface area (Å²) in [6.07, 6.45) is 0.290. The highest BCUT2D eigenvalue weighted by molar-refractivity contribution is 7.92. The monoisotopic (exact) mass is 583 g/mol. The van der Waals surface area contributed by atoms with Gasteiger partial charge in [-0.2, -0.15) is 0 Å². The summed E-state index contributed by atoms with van der Waals surface area (Å²) >= 11 is 0. The lowest BCUT2D eigenvalue weighted by atomic mass is 9.87. The first-order chi connectivity index (χ1) is 19.5. The van der Waals surface area contributed by atoms with Gasteiger partial charge < -0.3 is 9.16 Å². The van der Waals surface area contributed by atoms with Crippen molar-refractivity contribution in [1.29, 1.82) is 0 Å². The fraction of sp³-hybridized carbons (Fsp3) is 0.235. The number of anilines is 1. The van der Waals surface area contributed by atoms with Gasteiger partial charge in [-0.3, -0.25) is 4.31 Å². The van der Waals surface area contributed by atoms with E-state index >= 15 is 0 Å². The minimum atomic E-state index is -3.86. The number of hydrogen-bond acceptors (Lipinski definition) is 4. The van der Waals surface area contributed by atoms with E-state index in [1.165, 1.54) is 4.31 Å². The van der Waals surface area contributed by atoms with Crippen LogP contribution in [0.15, 0.2) is 114 Å². The van der Waals surface area contributed by atoms with Crippen molar-refractivity contribution in [2.75, 3.05) is 18.0 Å². The second-order valence-corrected chi connectivity index (χ2v) is 17.1. The van der Waals surface area contributed by atoms with Gasteiger partial charge in [0.25, 0.3) is 10.0 Å². The van der Waals surface area contributed by atoms with Crippen molar-refractivity contribution >= 4 is 24.0 Å². The summed E-state index contributed by atoms with van der Waals surface area (Å²) in [6.45, 7) is 8.53. The molecule has 0 aromatic heterocycles. The highest BCUT2D eigenvalue weighted by atomic mass is 32.2. The standard InChI is InChI=1S/C34H37NO4SSi/c1-28-21-23-33(24-22-28)40(36,37)35(31-19-14-20-32(27-31)38-2)26-13-12-25-34(39-41(3,4)5,29-15-8-6-9-16-29)30-17-10-7-11-18-30/h6-11,14-24,27H,13,26H2,1-5H3. The molecular weight excluding hydrogens is 547 g/mol. The Morgan fingerprint density at radius 3 is 1.93 bits per heavy atom. The van der Waals surface area contributed by atoms with Crippen LogP contribution in [-0.4, -0.2) is 30.4 Å². The Labute approximate surface area is 246 Å². The number of hydrogen-bond donors (Lipinski definition) is 0. The molecule has 5 nitrogen and oxygen atoms in total. The molecule has 0 fully saturated rings. The second-order valence-electron chi connectivity index (χ2n) is 10.8. The molecule has 0 amide bonds. The molecule has 4 rings (SSSR count). The molecule has 0 N–H and O–H groups in total. The highest BCUT2D eigenvalue weighted by Crippen LogP contribution is 2.36. The van der Waals surface area contributed by atoms with E-state index in [4.69, 9.17) is 9.16 Å². The topological polar surface area (TPSA) is 55.8 Å². The molecule has 0 aliphatic rings. The van der Waals surface area contributed by atoms with E-state index in [0.717, 1.165) is 16.7 Å². The molecule has 7 heteroatoms. The Bertz CT molecular complexity index is 1570. The lowest BCUT2D eigenvalue weighted by molar-refractivity contribution is 0.166. The van der Waals surface area contributed by atoms with Crippen molar-refractivity contribution in [3.63, 3.8) is 0 Å². The molecule has 0 saturated heterocycles. The lowest BCUT2D eigenvalue weighted by Crippen LogP contribution is -2.40. The van der Waals surface area contributed by atoms with Crippen LogP contribution in [0.5, 0.6) is 5.75 Å². The Kier molecular flexibility index (Phi) is 9.39. The van der Waals surface area contributed by atoms with Gasteiger partial charge in [-0.05, 0) is 62.0 Å². The third-order valence-electron chi connectivity index (χ3n) is 6.47. The summed E-state index contributed by atoms with van der Waals surface area (Å²) in [7, 11) is -4.40. The van der Waals surface area contributed by atoms with Crippen LogP contribution in [0.25, 0.3) is 0 Å². The second kappa shape index (κ2) is 12.8. The molecule has 0 radical (unpaired) electrons. The van der Waals surface area contributed by atoms with Crippen LogP contribution in [0, 0.1) is 18.8 Å². The highest BCUT2D eigenvalue weighted by Gasteiger charge is 2.38. The SMILES string of the molecule is COc1cccc(N(CCC#CC(O[Si](C)(C)C)(c2ccccc2)c2ccccc2)S(=O)(=O)c2ccc(C)cc2)c1. The molecule has 4 aromatic rings. The normalized spacial score (nSPS) is 11.8. The first-order valence-corrected chi connectivity index (χ1v) is 18.4. The van der Waals surface area contributed by atoms with Gasteiger partial charge in [0.2, 0.25) is 0 Å². The quantitative estimate of drug-likeness (QED) is 0.144. The van der Waals surface area contributed by atoms with E-state index in [1.54, 1.807) is 55.6 Å². The molecule has 0 saturated carbocycles. The minimum Gasteiger partial charge on any atom is -0.497 e. The van der Waals surface area contributed by atoms with Crippen LogP contribution in [-0.2, 0) is 20.1 Å². The zero-order valence-corrected chi connectivity index (χ0v) is 26.1. The van der Waals surface area contributed by atoms with Crippen molar-refractivity contribution in [3.05, 3.63) is 126 Å². The number of methoxy groups -OCH3 is 1. The van der Waals surface area contributed by atoms with Crippen molar-refractivity contribution in [2.45, 2.75) is 43.5 Å². The maximum Gasteiger partial charge on any atom is 0.264 e. The first-order valence-electron chi connectivity index (χ1n) is 13.6. The Hall–Kier alpha value is -3.83. The summed E-state index contributed by atoms with van der Waals surface area (Å²) in [5.74, 6) is 7.36. The average Bonchev–Trinajstić information content (AvgIpc) is 2.97. The van der Waals surface area contributed by atoms with Crippen LogP contribution in [0.3, 0.4) is 0 Å². The summed E-state index contributed by atoms with van der Waals surface area (Å²) < 4.78 is 41.4. The maximum atomic E-state index is 13.9. The Morgan fingerprint density at radius 1 is 0.805 bits per heavy atom. The molecule has 0 unspecified atom stereocenters. The van der Waals surface area contributed by atoms with Gasteiger partial charge in [-0.15, -0.1) is 0 Å². The molecular formula is C34H37NO4SSi. The van der Waals surface area contributed by atoms with Gasteiger partial charge in [0.15, 0.2) is 13.9 Å². The van der Waals surface area contributed by atoms with Gasteiger partial charge in [-0.25, -0.2) is 8.42 Å². The summed E-state index contributed by atoms with van der Waals surface area (Å²) in [5.41, 5.74) is 2.41. The average molecular weight is 584 g/mol. The molecule has 0 aliphatic carbocycles. The van der Waals surface area contributed by atoms with E-state index in [2.05, 4.69) is 31.5 Å². The molecule has 4 aromatic carbocycles. The van der Waals surface area contributed by atoms with Gasteiger partial charge >= 0.3 is 0 Å². The fourth-order valence-electron chi connectivity index (χ4n) is 4.59. The number of aryl methyl sites for hydroxylation is 1. The van der Waals surface area contributed by atoms with E-state index in [1.807, 2.05) is 67.6 Å². The van der Waals surface area contributed by atoms with Crippen LogP contribution in [0.1, 0.15) is 23.1 Å². The van der Waals surface area contributed by atoms with Crippen molar-refractivity contribution in [2.24, 2.45) is 0 Å². The molecule has 0 heterocycles. The number of nitrogens with zero attached hydrogens (tertiary/aromatic N) is 1. The number of rotatable bonds is 10. The summed E-state index contributed by atoms with van der Waals surface area (Å²) in [5, 5.41) is 0.